The Bertz CT molecular complexity index is 830. The predicted octanol–water partition coefficient (Wildman–Crippen LogP) is 5.90. The smallest absolute Gasteiger partial charge is 0.404 e. The van der Waals surface area contributed by atoms with Crippen molar-refractivity contribution in [2.24, 2.45) is 11.7 Å². The van der Waals surface area contributed by atoms with E-state index in [-0.39, 0.29) is 0 Å². The number of benzene rings is 1. The number of aryl methyl sites for hydroxylation is 1. The van der Waals surface area contributed by atoms with E-state index in [2.05, 4.69) is 18.4 Å². The third-order valence-electron chi connectivity index (χ3n) is 4.55. The van der Waals surface area contributed by atoms with Gasteiger partial charge in [-0.2, -0.15) is 0 Å². The summed E-state index contributed by atoms with van der Waals surface area (Å²) in [6, 6.07) is 5.59. The topological polar surface area (TPSA) is 70.1 Å². The van der Waals surface area contributed by atoms with Crippen molar-refractivity contribution in [1.82, 2.24) is 9.55 Å². The van der Waals surface area contributed by atoms with E-state index in [0.717, 1.165) is 34.4 Å². The Kier molecular flexibility index (Phi) is 7.18. The second kappa shape index (κ2) is 9.42. The first kappa shape index (κ1) is 21.3. The van der Waals surface area contributed by atoms with Crippen LogP contribution in [0.25, 0.3) is 0 Å². The maximum absolute atomic E-state index is 10.8. The van der Waals surface area contributed by atoms with E-state index in [0.29, 0.717) is 34.9 Å². The molecule has 0 saturated heterocycles. The van der Waals surface area contributed by atoms with Crippen molar-refractivity contribution in [2.45, 2.75) is 61.9 Å². The minimum atomic E-state index is -0.738. The highest BCUT2D eigenvalue weighted by atomic mass is 35.5. The Labute approximate surface area is 179 Å². The Morgan fingerprint density at radius 3 is 2.57 bits per heavy atom. The van der Waals surface area contributed by atoms with Crippen LogP contribution in [0.2, 0.25) is 10.0 Å². The van der Waals surface area contributed by atoms with Crippen molar-refractivity contribution in [3.63, 3.8) is 0 Å². The van der Waals surface area contributed by atoms with Crippen LogP contribution in [0.4, 0.5) is 4.79 Å². The first-order chi connectivity index (χ1) is 13.3. The highest BCUT2D eigenvalue weighted by molar-refractivity contribution is 7.99. The summed E-state index contributed by atoms with van der Waals surface area (Å²) in [5, 5.41) is 2.39. The fourth-order valence-electron chi connectivity index (χ4n) is 3.03. The molecule has 0 bridgehead atoms. The molecule has 1 saturated carbocycles. The van der Waals surface area contributed by atoms with E-state index < -0.39 is 6.09 Å². The molecular formula is C20H25Cl2N3O2S. The van der Waals surface area contributed by atoms with Gasteiger partial charge < -0.3 is 15.0 Å². The number of rotatable bonds is 9. The normalized spacial score (nSPS) is 13.9. The SMILES string of the molecule is CC(C)c1nc(CCCOC(N)=O)n(CC2CC2)c1Sc1cc(Cl)cc(Cl)c1. The van der Waals surface area contributed by atoms with Crippen LogP contribution < -0.4 is 5.73 Å². The van der Waals surface area contributed by atoms with Gasteiger partial charge in [0.05, 0.1) is 12.3 Å². The van der Waals surface area contributed by atoms with Gasteiger partial charge in [-0.1, -0.05) is 48.8 Å². The van der Waals surface area contributed by atoms with Crippen LogP contribution in [-0.2, 0) is 17.7 Å². The molecule has 28 heavy (non-hydrogen) atoms. The number of carbonyl (C=O) groups is 1. The van der Waals surface area contributed by atoms with Crippen molar-refractivity contribution in [3.8, 4) is 0 Å². The van der Waals surface area contributed by atoms with Crippen LogP contribution in [0.5, 0.6) is 0 Å². The predicted molar refractivity (Wildman–Crippen MR) is 113 cm³/mol. The van der Waals surface area contributed by atoms with Gasteiger partial charge in [-0.05, 0) is 49.3 Å². The maximum atomic E-state index is 10.8. The molecule has 0 atom stereocenters. The molecule has 1 aromatic carbocycles. The Morgan fingerprint density at radius 1 is 1.32 bits per heavy atom. The Balaban J connectivity index is 1.89. The summed E-state index contributed by atoms with van der Waals surface area (Å²) in [6.07, 6.45) is 3.20. The monoisotopic (exact) mass is 441 g/mol. The molecule has 5 nitrogen and oxygen atoms in total. The molecule has 1 aliphatic carbocycles. The molecule has 1 aliphatic rings. The lowest BCUT2D eigenvalue weighted by atomic mass is 10.1. The fourth-order valence-corrected chi connectivity index (χ4v) is 4.95. The number of halogens is 2. The van der Waals surface area contributed by atoms with Crippen LogP contribution >= 0.6 is 35.0 Å². The van der Waals surface area contributed by atoms with Crippen LogP contribution in [0.15, 0.2) is 28.1 Å². The molecule has 152 valence electrons. The first-order valence-corrected chi connectivity index (χ1v) is 11.1. The van der Waals surface area contributed by atoms with Gasteiger partial charge in [0, 0.05) is 27.9 Å². The number of imidazole rings is 1. The number of amides is 1. The molecular weight excluding hydrogens is 417 g/mol. The van der Waals surface area contributed by atoms with Crippen LogP contribution in [0.3, 0.4) is 0 Å². The quantitative estimate of drug-likeness (QED) is 0.491. The first-order valence-electron chi connectivity index (χ1n) is 9.49. The molecule has 8 heteroatoms. The third kappa shape index (κ3) is 5.82. The van der Waals surface area contributed by atoms with Gasteiger partial charge in [0.25, 0.3) is 0 Å². The molecule has 2 aromatic rings. The number of primary amides is 1. The van der Waals surface area contributed by atoms with Gasteiger partial charge in [-0.3, -0.25) is 0 Å². The fraction of sp³-hybridized carbons (Fsp3) is 0.500. The second-order valence-corrected chi connectivity index (χ2v) is 9.34. The molecule has 1 fully saturated rings. The van der Waals surface area contributed by atoms with Gasteiger partial charge in [0.2, 0.25) is 0 Å². The summed E-state index contributed by atoms with van der Waals surface area (Å²) in [7, 11) is 0. The number of ether oxygens (including phenoxy) is 1. The van der Waals surface area contributed by atoms with Crippen molar-refractivity contribution < 1.29 is 9.53 Å². The van der Waals surface area contributed by atoms with Crippen molar-refractivity contribution >= 4 is 41.1 Å². The summed E-state index contributed by atoms with van der Waals surface area (Å²) in [5.41, 5.74) is 6.12. The van der Waals surface area contributed by atoms with E-state index in [1.165, 1.54) is 12.8 Å². The van der Waals surface area contributed by atoms with Gasteiger partial charge in [-0.15, -0.1) is 0 Å². The van der Waals surface area contributed by atoms with Crippen molar-refractivity contribution in [2.75, 3.05) is 6.61 Å². The molecule has 3 rings (SSSR count). The van der Waals surface area contributed by atoms with E-state index >= 15 is 0 Å². The van der Waals surface area contributed by atoms with Crippen LogP contribution in [-0.4, -0.2) is 22.3 Å². The van der Waals surface area contributed by atoms with E-state index in [1.807, 2.05) is 12.1 Å². The lowest BCUT2D eigenvalue weighted by Gasteiger charge is -2.13. The van der Waals surface area contributed by atoms with E-state index in [1.54, 1.807) is 17.8 Å². The summed E-state index contributed by atoms with van der Waals surface area (Å²) in [4.78, 5) is 16.7. The molecule has 0 unspecified atom stereocenters. The maximum Gasteiger partial charge on any atom is 0.404 e. The van der Waals surface area contributed by atoms with Crippen LogP contribution in [0, 0.1) is 5.92 Å². The Morgan fingerprint density at radius 2 is 2.00 bits per heavy atom. The lowest BCUT2D eigenvalue weighted by molar-refractivity contribution is 0.155. The summed E-state index contributed by atoms with van der Waals surface area (Å²) in [6.45, 7) is 5.56. The van der Waals surface area contributed by atoms with Crippen LogP contribution in [0.1, 0.15) is 50.5 Å². The van der Waals surface area contributed by atoms with Gasteiger partial charge in [0.1, 0.15) is 10.9 Å². The van der Waals surface area contributed by atoms with Gasteiger partial charge in [0.15, 0.2) is 0 Å². The molecule has 1 amide bonds. The van der Waals surface area contributed by atoms with E-state index in [4.69, 9.17) is 38.7 Å². The zero-order valence-electron chi connectivity index (χ0n) is 16.1. The number of aromatic nitrogens is 2. The number of hydrogen-bond donors (Lipinski definition) is 1. The minimum Gasteiger partial charge on any atom is -0.450 e. The summed E-state index contributed by atoms with van der Waals surface area (Å²) in [5.74, 6) is 2.02. The zero-order chi connectivity index (χ0) is 20.3. The van der Waals surface area contributed by atoms with Gasteiger partial charge >= 0.3 is 6.09 Å². The third-order valence-corrected chi connectivity index (χ3v) is 6.08. The number of carbonyl (C=O) groups excluding carboxylic acids is 1. The van der Waals surface area contributed by atoms with E-state index in [9.17, 15) is 4.79 Å². The highest BCUT2D eigenvalue weighted by Crippen LogP contribution is 2.40. The Hall–Kier alpha value is -1.37. The van der Waals surface area contributed by atoms with Crippen molar-refractivity contribution in [3.05, 3.63) is 39.8 Å². The average Bonchev–Trinajstić information content (AvgIpc) is 3.34. The average molecular weight is 442 g/mol. The zero-order valence-corrected chi connectivity index (χ0v) is 18.4. The lowest BCUT2D eigenvalue weighted by Crippen LogP contribution is -2.14. The molecule has 0 radical (unpaired) electrons. The minimum absolute atomic E-state index is 0.290. The molecule has 0 aliphatic heterocycles. The molecule has 2 N–H and O–H groups in total. The molecule has 1 aromatic heterocycles. The molecule has 0 spiro atoms. The highest BCUT2D eigenvalue weighted by Gasteiger charge is 2.27. The number of nitrogens with two attached hydrogens (primary N) is 1. The summed E-state index contributed by atoms with van der Waals surface area (Å²) < 4.78 is 7.20. The number of nitrogens with zero attached hydrogens (tertiary/aromatic N) is 2. The second-order valence-electron chi connectivity index (χ2n) is 7.41. The number of hydrogen-bond acceptors (Lipinski definition) is 4. The van der Waals surface area contributed by atoms with Crippen molar-refractivity contribution in [1.29, 1.82) is 0 Å². The summed E-state index contributed by atoms with van der Waals surface area (Å²) >= 11 is 14.1. The standard InChI is InChI=1S/C20H25Cl2N3O2S/c1-12(2)18-19(28-16-9-14(21)8-15(22)10-16)25(11-13-5-6-13)17(24-18)4-3-7-27-20(23)26/h8-10,12-13H,3-7,11H2,1-2H3,(H2,23,26). The molecule has 1 heterocycles. The van der Waals surface area contributed by atoms with Gasteiger partial charge in [-0.25, -0.2) is 9.78 Å². The largest absolute Gasteiger partial charge is 0.450 e.